The topological polar surface area (TPSA) is 685 Å². The fourth-order valence-electron chi connectivity index (χ4n) is 14.6. The van der Waals surface area contributed by atoms with E-state index >= 15 is 0 Å². The maximum atomic E-state index is 13.8. The van der Waals surface area contributed by atoms with Crippen LogP contribution in [0.2, 0.25) is 0 Å². The van der Waals surface area contributed by atoms with E-state index in [0.717, 1.165) is 32.4 Å². The molecule has 0 bridgehead atoms. The minimum atomic E-state index is -2.05. The van der Waals surface area contributed by atoms with Crippen LogP contribution in [0.25, 0.3) is 0 Å². The van der Waals surface area contributed by atoms with Gasteiger partial charge in [-0.2, -0.15) is 11.8 Å². The lowest BCUT2D eigenvalue weighted by Gasteiger charge is -2.48. The summed E-state index contributed by atoms with van der Waals surface area (Å²) >= 11 is 1.78. The lowest BCUT2D eigenvalue weighted by Crippen LogP contribution is -2.68. The van der Waals surface area contributed by atoms with Crippen molar-refractivity contribution in [1.29, 1.82) is 0 Å². The second-order valence-electron chi connectivity index (χ2n) is 29.6. The third kappa shape index (κ3) is 25.1. The summed E-state index contributed by atoms with van der Waals surface area (Å²) in [4.78, 5) is 90.1. The number of thioether (sulfide) groups is 1. The van der Waals surface area contributed by atoms with Crippen molar-refractivity contribution in [2.75, 3.05) is 84.9 Å². The van der Waals surface area contributed by atoms with Crippen LogP contribution < -0.4 is 41.4 Å². The number of carbonyl (C=O) groups excluding carboxylic acids is 7. The number of ether oxygens (including phenoxy) is 14. The SMILES string of the molecule is CC(=O)NC1[C@H](OCCCCC(=O)COc2cc(OCC(=O)NCCCO[C@@H]3OC(CO)[C@@H](O[C@@H]4OC(CO)[C@H](O)[C@H](O[C@H]5OC(CO)[C@H](O)[C@H](O)C5O)C4O)[C@H](O)C3NC(C)=O)cc(C(=O)CCCNC(=O)CCCC[C@@H]3SC[C@@H]4NC(=O)N[C@@H]43)c2)OC(CO)[C@@H](O[C@@H]2OC(CO)[C@H](O)[C@H](O[C@H]3OC(CO)[C@H](O)[C@H](O)C3O)C2O)[C@@H]1O. The lowest BCUT2D eigenvalue weighted by molar-refractivity contribution is -0.376. The Morgan fingerprint density at radius 1 is 0.436 bits per heavy atom. The maximum absolute atomic E-state index is 13.8. The van der Waals surface area contributed by atoms with E-state index in [4.69, 9.17) is 66.3 Å². The normalized spacial score (nSPS) is 38.2. The molecule has 0 spiro atoms. The van der Waals surface area contributed by atoms with Crippen molar-refractivity contribution < 1.29 is 192 Å². The van der Waals surface area contributed by atoms with Crippen LogP contribution in [-0.4, -0.2) is 419 Å². The van der Waals surface area contributed by atoms with Crippen LogP contribution in [0.15, 0.2) is 18.2 Å². The molecule has 1 aromatic carbocycles. The molecule has 8 aliphatic heterocycles. The molecule has 8 aliphatic rings. The van der Waals surface area contributed by atoms with Crippen molar-refractivity contribution in [1.82, 2.24) is 31.9 Å². The summed E-state index contributed by atoms with van der Waals surface area (Å²) in [6, 6.07) is 1.11. The van der Waals surface area contributed by atoms with E-state index in [-0.39, 0.29) is 118 Å². The molecule has 33 atom stereocenters. The van der Waals surface area contributed by atoms with Crippen LogP contribution in [0.4, 0.5) is 4.79 Å². The first kappa shape index (κ1) is 95.3. The molecule has 0 saturated carbocycles. The first-order valence-corrected chi connectivity index (χ1v) is 39.8. The zero-order valence-electron chi connectivity index (χ0n) is 64.1. The number of ketones is 2. The second kappa shape index (κ2) is 45.5. The van der Waals surface area contributed by atoms with Gasteiger partial charge < -0.3 is 190 Å². The van der Waals surface area contributed by atoms with Crippen LogP contribution >= 0.6 is 11.8 Å². The number of aliphatic hydroxyl groups excluding tert-OH is 18. The molecule has 8 fully saturated rings. The number of rotatable bonds is 43. The molecule has 24 N–H and O–H groups in total. The number of unbranched alkanes of at least 4 members (excludes halogenated alkanes) is 2. The number of benzene rings is 1. The molecule has 12 unspecified atom stereocenters. The number of urea groups is 1. The van der Waals surface area contributed by atoms with E-state index in [1.165, 1.54) is 18.2 Å². The minimum Gasteiger partial charge on any atom is -0.486 e. The van der Waals surface area contributed by atoms with Gasteiger partial charge in [-0.25, -0.2) is 4.79 Å². The largest absolute Gasteiger partial charge is 0.486 e. The van der Waals surface area contributed by atoms with Gasteiger partial charge in [0.1, 0.15) is 164 Å². The smallest absolute Gasteiger partial charge is 0.315 e. The van der Waals surface area contributed by atoms with Gasteiger partial charge in [0.25, 0.3) is 5.91 Å². The number of Topliss-reactive ketones (excluding diaryl/α,β-unsaturated/α-hetero) is 2. The molecule has 1 aromatic rings. The minimum absolute atomic E-state index is 0.0109. The summed E-state index contributed by atoms with van der Waals surface area (Å²) in [5.74, 6) is -2.34. The predicted molar refractivity (Wildman–Crippen MR) is 388 cm³/mol. The molecule has 45 nitrogen and oxygen atoms in total. The van der Waals surface area contributed by atoms with E-state index in [2.05, 4.69) is 31.9 Å². The Kier molecular flexibility index (Phi) is 37.1. The Morgan fingerprint density at radius 2 is 0.863 bits per heavy atom. The van der Waals surface area contributed by atoms with E-state index in [9.17, 15) is 125 Å². The average Bonchev–Trinajstić information content (AvgIpc) is 1.66. The number of fused-ring (bicyclic) bond motifs is 1. The Labute approximate surface area is 674 Å². The van der Waals surface area contributed by atoms with E-state index < -0.39 is 266 Å². The van der Waals surface area contributed by atoms with Crippen molar-refractivity contribution >= 4 is 53.0 Å². The number of carbonyl (C=O) groups is 7. The summed E-state index contributed by atoms with van der Waals surface area (Å²) in [5.41, 5.74) is 0.0615. The monoisotopic (exact) mass is 1700 g/mol. The summed E-state index contributed by atoms with van der Waals surface area (Å²) in [5, 5.41) is 208. The van der Waals surface area contributed by atoms with Crippen molar-refractivity contribution in [2.45, 2.75) is 280 Å². The molecule has 46 heteroatoms. The second-order valence-corrected chi connectivity index (χ2v) is 30.8. The van der Waals surface area contributed by atoms with Gasteiger partial charge >= 0.3 is 6.03 Å². The Morgan fingerprint density at radius 3 is 1.35 bits per heavy atom. The van der Waals surface area contributed by atoms with Gasteiger partial charge in [-0.05, 0) is 50.7 Å². The van der Waals surface area contributed by atoms with Gasteiger partial charge in [0.05, 0.1) is 58.3 Å². The zero-order valence-corrected chi connectivity index (χ0v) is 64.9. The highest BCUT2D eigenvalue weighted by Crippen LogP contribution is 2.38. The Balaban J connectivity index is 0.757. The van der Waals surface area contributed by atoms with Crippen LogP contribution in [-0.2, 0) is 80.8 Å². The molecule has 117 heavy (non-hydrogen) atoms. The number of amides is 6. The van der Waals surface area contributed by atoms with Crippen molar-refractivity contribution in [3.8, 4) is 11.5 Å². The van der Waals surface area contributed by atoms with Gasteiger partial charge in [0.2, 0.25) is 17.7 Å². The Bertz CT molecular complexity index is 3160. The fourth-order valence-corrected chi connectivity index (χ4v) is 16.1. The molecule has 6 amide bonds. The highest BCUT2D eigenvalue weighted by Gasteiger charge is 2.57. The number of aliphatic hydroxyl groups is 18. The van der Waals surface area contributed by atoms with E-state index in [1.54, 1.807) is 11.8 Å². The van der Waals surface area contributed by atoms with Crippen LogP contribution in [0, 0.1) is 0 Å². The molecule has 0 radical (unpaired) electrons. The van der Waals surface area contributed by atoms with Crippen molar-refractivity contribution in [3.05, 3.63) is 23.8 Å². The molecule has 9 rings (SSSR count). The Hall–Kier alpha value is -5.54. The zero-order chi connectivity index (χ0) is 85.1. The predicted octanol–water partition coefficient (Wildman–Crippen LogP) is -11.3. The average molecular weight is 1710 g/mol. The van der Waals surface area contributed by atoms with Crippen molar-refractivity contribution in [3.63, 3.8) is 0 Å². The van der Waals surface area contributed by atoms with Gasteiger partial charge in [-0.3, -0.25) is 28.8 Å². The van der Waals surface area contributed by atoms with Gasteiger partial charge in [-0.1, -0.05) is 6.42 Å². The van der Waals surface area contributed by atoms with E-state index in [0.29, 0.717) is 6.42 Å². The molecule has 8 heterocycles. The maximum Gasteiger partial charge on any atom is 0.315 e. The standard InChI is InChI=1S/C71H112N6O39S/c1-29(84)74-47-53(94)61(113-69-59(100)63(51(92)39(22-80)109-69)115-67-57(98)55(96)49(90)37(20-78)107-67)41(24-82)111-65(47)103-15-6-5-9-32(86)26-105-33-17-31(36(87)10-7-13-72-44(88)12-4-3-11-43-46-35(28-117-43)76-71(102)77-46)18-34(19-33)106-27-45(89)73-14-8-16-104-66-48(75-30(2)85)54(95)62(42(25-83)112-66)114-70-60(101)64(52(93)40(23-81)110-70)116-68-58(99)56(97)50(91)38(21-79)108-68/h17-19,35,37-43,46-70,78-83,90-101H,3-16,20-28H2,1-2H3,(H,72,88)(H,73,89)(H,74,84)(H,75,85)(H2,76,77,102)/t35-,37?,38?,39?,40?,41?,42?,43-,46-,47?,48?,49-,50-,51-,52-,53+,54+,55-,56-,57?,58?,59?,60?,61+,62+,63-,64-,65+,66+,67+,68+,69-,70-/m0/s1. The third-order valence-electron chi connectivity index (χ3n) is 21.0. The quantitative estimate of drug-likeness (QED) is 0.0164. The summed E-state index contributed by atoms with van der Waals surface area (Å²) in [6.07, 6.45) is -46.6. The van der Waals surface area contributed by atoms with Crippen molar-refractivity contribution in [2.24, 2.45) is 0 Å². The summed E-state index contributed by atoms with van der Waals surface area (Å²) in [6.45, 7) is -4.50. The van der Waals surface area contributed by atoms with Crippen LogP contribution in [0.3, 0.4) is 0 Å². The van der Waals surface area contributed by atoms with E-state index in [1.807, 2.05) is 0 Å². The van der Waals surface area contributed by atoms with Crippen LogP contribution in [0.1, 0.15) is 88.4 Å². The number of nitrogens with one attached hydrogen (secondary N) is 6. The number of hydrogen-bond acceptors (Lipinski definition) is 40. The highest BCUT2D eigenvalue weighted by molar-refractivity contribution is 8.00. The lowest BCUT2D eigenvalue weighted by atomic mass is 9.95. The number of hydrogen-bond donors (Lipinski definition) is 24. The molecule has 8 saturated heterocycles. The molecule has 666 valence electrons. The first-order valence-electron chi connectivity index (χ1n) is 38.7. The van der Waals surface area contributed by atoms with Gasteiger partial charge in [0.15, 0.2) is 55.9 Å². The fraction of sp³-hybridized carbons (Fsp3) is 0.817. The third-order valence-corrected chi connectivity index (χ3v) is 22.5. The summed E-state index contributed by atoms with van der Waals surface area (Å²) in [7, 11) is 0. The molecule has 0 aromatic heterocycles. The molecular formula is C71H112N6O39S. The van der Waals surface area contributed by atoms with Gasteiger partial charge in [-0.15, -0.1) is 0 Å². The molecule has 0 aliphatic carbocycles. The van der Waals surface area contributed by atoms with Crippen LogP contribution in [0.5, 0.6) is 11.5 Å². The highest BCUT2D eigenvalue weighted by atomic mass is 32.2. The first-order chi connectivity index (χ1) is 55.9. The summed E-state index contributed by atoms with van der Waals surface area (Å²) < 4.78 is 80.5. The molecular weight excluding hydrogens is 1590 g/mol. The van der Waals surface area contributed by atoms with Gasteiger partial charge in [0, 0.05) is 75.4 Å².